The molecule has 1 heterocycles. The zero-order chi connectivity index (χ0) is 13.1. The molecule has 1 N–H and O–H groups in total. The third kappa shape index (κ3) is 2.93. The van der Waals surface area contributed by atoms with Crippen LogP contribution in [0.1, 0.15) is 0 Å². The molecular weight excluding hydrogens is 241 g/mol. The van der Waals surface area contributed by atoms with Gasteiger partial charge < -0.3 is 5.11 Å². The van der Waals surface area contributed by atoms with Crippen LogP contribution in [0.2, 0.25) is 0 Å². The van der Waals surface area contributed by atoms with Gasteiger partial charge in [0, 0.05) is 11.8 Å². The van der Waals surface area contributed by atoms with Gasteiger partial charge >= 0.3 is 18.9 Å². The molecule has 0 aliphatic heterocycles. The van der Waals surface area contributed by atoms with Crippen molar-refractivity contribution in [2.75, 3.05) is 0 Å². The second-order valence-corrected chi connectivity index (χ2v) is 4.31. The van der Waals surface area contributed by atoms with Crippen LogP contribution in [-0.2, 0) is 0 Å². The van der Waals surface area contributed by atoms with E-state index in [1.807, 2.05) is 48.5 Å². The molecule has 3 heteroatoms. The Morgan fingerprint density at radius 3 is 2.20 bits per heavy atom. The summed E-state index contributed by atoms with van der Waals surface area (Å²) >= 11 is 0. The molecule has 2 nitrogen and oxygen atoms in total. The van der Waals surface area contributed by atoms with Gasteiger partial charge in [-0.15, -0.1) is 0 Å². The van der Waals surface area contributed by atoms with E-state index in [0.29, 0.717) is 0 Å². The molecule has 0 saturated heterocycles. The van der Waals surface area contributed by atoms with Crippen LogP contribution in [0.3, 0.4) is 0 Å². The summed E-state index contributed by atoms with van der Waals surface area (Å²) < 4.78 is 0. The number of aromatic nitrogens is 1. The topological polar surface area (TPSA) is 33.1 Å². The fourth-order valence-electron chi connectivity index (χ4n) is 2.07. The van der Waals surface area contributed by atoms with Crippen molar-refractivity contribution in [3.05, 3.63) is 72.9 Å². The van der Waals surface area contributed by atoms with Gasteiger partial charge in [0.15, 0.2) is 0 Å². The van der Waals surface area contributed by atoms with Crippen LogP contribution in [0, 0.1) is 0 Å². The molecule has 0 radical (unpaired) electrons. The molecule has 1 aromatic heterocycles. The van der Waals surface area contributed by atoms with Crippen LogP contribution in [0.5, 0.6) is 5.75 Å². The van der Waals surface area contributed by atoms with E-state index in [1.165, 1.54) is 0 Å². The van der Waals surface area contributed by atoms with Gasteiger partial charge in [0.1, 0.15) is 5.75 Å². The van der Waals surface area contributed by atoms with Crippen molar-refractivity contribution >= 4 is 18.9 Å². The van der Waals surface area contributed by atoms with Gasteiger partial charge in [-0.1, -0.05) is 42.5 Å². The zero-order valence-electron chi connectivity index (χ0n) is 10.3. The standard InChI is InChI=1S/C17H13NO.Li.H/c19-17-10-9-14(13-6-2-1-3-7-13)12-15(17)16-8-4-5-11-18-16;;/h1-12,19H;;. The van der Waals surface area contributed by atoms with E-state index in [0.717, 1.165) is 22.4 Å². The Labute approximate surface area is 130 Å². The number of rotatable bonds is 2. The van der Waals surface area contributed by atoms with Crippen LogP contribution < -0.4 is 0 Å². The van der Waals surface area contributed by atoms with E-state index in [9.17, 15) is 5.11 Å². The molecule has 0 aliphatic rings. The average Bonchev–Trinajstić information content (AvgIpc) is 2.49. The Morgan fingerprint density at radius 1 is 0.750 bits per heavy atom. The summed E-state index contributed by atoms with van der Waals surface area (Å²) in [6.45, 7) is 0. The molecule has 2 aromatic carbocycles. The molecule has 0 fully saturated rings. The van der Waals surface area contributed by atoms with Gasteiger partial charge in [0.25, 0.3) is 0 Å². The second-order valence-electron chi connectivity index (χ2n) is 4.31. The quantitative estimate of drug-likeness (QED) is 0.711. The van der Waals surface area contributed by atoms with E-state index >= 15 is 0 Å². The Hall–Kier alpha value is -2.01. The van der Waals surface area contributed by atoms with Crippen LogP contribution in [-0.4, -0.2) is 29.0 Å². The minimum absolute atomic E-state index is 0. The molecule has 20 heavy (non-hydrogen) atoms. The van der Waals surface area contributed by atoms with E-state index in [2.05, 4.69) is 17.1 Å². The number of aromatic hydroxyl groups is 1. The molecule has 0 unspecified atom stereocenters. The third-order valence-electron chi connectivity index (χ3n) is 3.04. The van der Waals surface area contributed by atoms with Crippen molar-refractivity contribution in [2.45, 2.75) is 0 Å². The fraction of sp³-hybridized carbons (Fsp3) is 0. The molecule has 0 atom stereocenters. The van der Waals surface area contributed by atoms with Crippen molar-refractivity contribution in [1.29, 1.82) is 0 Å². The maximum absolute atomic E-state index is 10.00. The SMILES string of the molecule is Oc1ccc(-c2ccccc2)cc1-c1ccccn1.[LiH]. The summed E-state index contributed by atoms with van der Waals surface area (Å²) in [6.07, 6.45) is 1.73. The first-order valence-corrected chi connectivity index (χ1v) is 6.14. The summed E-state index contributed by atoms with van der Waals surface area (Å²) in [5, 5.41) is 10.00. The second kappa shape index (κ2) is 6.43. The molecule has 94 valence electrons. The van der Waals surface area contributed by atoms with E-state index in [1.54, 1.807) is 12.3 Å². The first kappa shape index (κ1) is 14.4. The van der Waals surface area contributed by atoms with Crippen LogP contribution in [0.4, 0.5) is 0 Å². The van der Waals surface area contributed by atoms with Gasteiger partial charge in [-0.05, 0) is 35.4 Å². The Kier molecular flexibility index (Phi) is 4.63. The van der Waals surface area contributed by atoms with Crippen LogP contribution in [0.15, 0.2) is 72.9 Å². The van der Waals surface area contributed by atoms with Gasteiger partial charge in [-0.2, -0.15) is 0 Å². The predicted molar refractivity (Wildman–Crippen MR) is 83.9 cm³/mol. The summed E-state index contributed by atoms with van der Waals surface area (Å²) in [5.41, 5.74) is 3.72. The van der Waals surface area contributed by atoms with Crippen molar-refractivity contribution in [1.82, 2.24) is 4.98 Å². The summed E-state index contributed by atoms with van der Waals surface area (Å²) in [4.78, 5) is 4.28. The van der Waals surface area contributed by atoms with Gasteiger partial charge in [-0.25, -0.2) is 0 Å². The normalized spacial score (nSPS) is 9.80. The Bertz CT molecular complexity index is 684. The first-order valence-electron chi connectivity index (χ1n) is 6.14. The number of nitrogens with zero attached hydrogens (tertiary/aromatic N) is 1. The average molecular weight is 255 g/mol. The van der Waals surface area contributed by atoms with Crippen LogP contribution in [0.25, 0.3) is 22.4 Å². The molecule has 0 spiro atoms. The van der Waals surface area contributed by atoms with Gasteiger partial charge in [0.05, 0.1) is 5.69 Å². The first-order chi connectivity index (χ1) is 9.34. The Balaban J connectivity index is 0.00000147. The zero-order valence-corrected chi connectivity index (χ0v) is 10.3. The molecule has 0 saturated carbocycles. The molecular formula is C17H14LiNO. The monoisotopic (exact) mass is 255 g/mol. The van der Waals surface area contributed by atoms with E-state index in [-0.39, 0.29) is 24.6 Å². The number of phenols is 1. The summed E-state index contributed by atoms with van der Waals surface area (Å²) in [7, 11) is 0. The number of pyridine rings is 1. The predicted octanol–water partition coefficient (Wildman–Crippen LogP) is 3.47. The number of benzene rings is 2. The molecule has 0 amide bonds. The van der Waals surface area contributed by atoms with Crippen LogP contribution >= 0.6 is 0 Å². The van der Waals surface area contributed by atoms with Crippen molar-refractivity contribution in [3.8, 4) is 28.1 Å². The summed E-state index contributed by atoms with van der Waals surface area (Å²) in [5.74, 6) is 0.249. The van der Waals surface area contributed by atoms with E-state index in [4.69, 9.17) is 0 Å². The molecule has 3 rings (SSSR count). The molecule has 3 aromatic rings. The van der Waals surface area contributed by atoms with Gasteiger partial charge in [0.2, 0.25) is 0 Å². The molecule has 0 bridgehead atoms. The third-order valence-corrected chi connectivity index (χ3v) is 3.04. The minimum atomic E-state index is 0. The number of hydrogen-bond donors (Lipinski definition) is 1. The van der Waals surface area contributed by atoms with Gasteiger partial charge in [-0.3, -0.25) is 4.98 Å². The number of hydrogen-bond acceptors (Lipinski definition) is 2. The molecule has 0 aliphatic carbocycles. The summed E-state index contributed by atoms with van der Waals surface area (Å²) in [6, 6.07) is 21.4. The van der Waals surface area contributed by atoms with Crippen molar-refractivity contribution < 1.29 is 5.11 Å². The fourth-order valence-corrected chi connectivity index (χ4v) is 2.07. The Morgan fingerprint density at radius 2 is 1.50 bits per heavy atom. The van der Waals surface area contributed by atoms with Crippen molar-refractivity contribution in [3.63, 3.8) is 0 Å². The maximum atomic E-state index is 10.00. The number of phenolic OH excluding ortho intramolecular Hbond substituents is 1. The van der Waals surface area contributed by atoms with E-state index < -0.39 is 0 Å². The van der Waals surface area contributed by atoms with Crippen molar-refractivity contribution in [2.24, 2.45) is 0 Å².